The summed E-state index contributed by atoms with van der Waals surface area (Å²) >= 11 is 1.74. The summed E-state index contributed by atoms with van der Waals surface area (Å²) in [6.45, 7) is 2.12. The molecule has 0 radical (unpaired) electrons. The standard InChI is InChI=1S/C16H15N3S/c1-9-7-13-14(17-2)18-15(19-16(13)20-9)12-8-10-5-3-4-6-11(10)12/h3-7,12H,8H2,1-2H3,(H,17,18,19). The first-order chi connectivity index (χ1) is 9.76. The normalized spacial score (nSPS) is 16.8. The quantitative estimate of drug-likeness (QED) is 0.777. The SMILES string of the molecule is CNc1nc(C2Cc3ccccc32)nc2sc(C)cc12. The van der Waals surface area contributed by atoms with Gasteiger partial charge in [0.15, 0.2) is 0 Å². The Bertz CT molecular complexity index is 807. The first kappa shape index (κ1) is 11.9. The molecule has 2 heterocycles. The fourth-order valence-electron chi connectivity index (χ4n) is 2.89. The Balaban J connectivity index is 1.86. The van der Waals surface area contributed by atoms with E-state index in [0.29, 0.717) is 5.92 Å². The van der Waals surface area contributed by atoms with Crippen LogP contribution in [-0.2, 0) is 6.42 Å². The Kier molecular flexibility index (Phi) is 2.54. The largest absolute Gasteiger partial charge is 0.372 e. The van der Waals surface area contributed by atoms with Gasteiger partial charge in [0.25, 0.3) is 0 Å². The number of hydrogen-bond donors (Lipinski definition) is 1. The van der Waals surface area contributed by atoms with Crippen LogP contribution >= 0.6 is 11.3 Å². The molecule has 0 bridgehead atoms. The highest BCUT2D eigenvalue weighted by atomic mass is 32.1. The third kappa shape index (κ3) is 1.64. The maximum atomic E-state index is 4.79. The van der Waals surface area contributed by atoms with Crippen LogP contribution in [-0.4, -0.2) is 17.0 Å². The lowest BCUT2D eigenvalue weighted by atomic mass is 9.77. The molecule has 0 saturated carbocycles. The van der Waals surface area contributed by atoms with E-state index >= 15 is 0 Å². The van der Waals surface area contributed by atoms with Crippen molar-refractivity contribution < 1.29 is 0 Å². The molecule has 1 aliphatic carbocycles. The Hall–Kier alpha value is -1.94. The van der Waals surface area contributed by atoms with Crippen molar-refractivity contribution in [1.29, 1.82) is 0 Å². The number of hydrogen-bond acceptors (Lipinski definition) is 4. The predicted molar refractivity (Wildman–Crippen MR) is 83.7 cm³/mol. The Morgan fingerprint density at radius 2 is 2.10 bits per heavy atom. The van der Waals surface area contributed by atoms with Crippen LogP contribution in [0.2, 0.25) is 0 Å². The monoisotopic (exact) mass is 281 g/mol. The highest BCUT2D eigenvalue weighted by molar-refractivity contribution is 7.18. The van der Waals surface area contributed by atoms with E-state index in [1.807, 2.05) is 7.05 Å². The lowest BCUT2D eigenvalue weighted by molar-refractivity contribution is 0.665. The van der Waals surface area contributed by atoms with Crippen LogP contribution < -0.4 is 5.32 Å². The van der Waals surface area contributed by atoms with Crippen molar-refractivity contribution in [2.45, 2.75) is 19.3 Å². The van der Waals surface area contributed by atoms with Gasteiger partial charge in [-0.2, -0.15) is 0 Å². The second-order valence-corrected chi connectivity index (χ2v) is 6.45. The van der Waals surface area contributed by atoms with Crippen molar-refractivity contribution in [2.75, 3.05) is 12.4 Å². The third-order valence-corrected chi connectivity index (χ3v) is 4.88. The van der Waals surface area contributed by atoms with E-state index in [2.05, 4.69) is 42.6 Å². The Labute approximate surface area is 121 Å². The second-order valence-electron chi connectivity index (χ2n) is 5.21. The van der Waals surface area contributed by atoms with Crippen LogP contribution in [0.1, 0.15) is 27.7 Å². The molecule has 1 unspecified atom stereocenters. The molecule has 1 aromatic carbocycles. The fraction of sp³-hybridized carbons (Fsp3) is 0.250. The molecule has 4 rings (SSSR count). The summed E-state index contributed by atoms with van der Waals surface area (Å²) in [5, 5.41) is 4.34. The van der Waals surface area contributed by atoms with E-state index in [1.54, 1.807) is 11.3 Å². The van der Waals surface area contributed by atoms with Crippen molar-refractivity contribution in [3.05, 3.63) is 52.2 Å². The molecule has 20 heavy (non-hydrogen) atoms. The first-order valence-electron chi connectivity index (χ1n) is 6.80. The van der Waals surface area contributed by atoms with Gasteiger partial charge in [-0.15, -0.1) is 11.3 Å². The third-order valence-electron chi connectivity index (χ3n) is 3.94. The van der Waals surface area contributed by atoms with E-state index in [9.17, 15) is 0 Å². The molecular formula is C16H15N3S. The van der Waals surface area contributed by atoms with Gasteiger partial charge in [0, 0.05) is 17.8 Å². The first-order valence-corrected chi connectivity index (χ1v) is 7.61. The summed E-state index contributed by atoms with van der Waals surface area (Å²) in [4.78, 5) is 11.9. The molecule has 100 valence electrons. The maximum absolute atomic E-state index is 4.79. The van der Waals surface area contributed by atoms with E-state index in [4.69, 9.17) is 9.97 Å². The lowest BCUT2D eigenvalue weighted by Gasteiger charge is -2.28. The van der Waals surface area contributed by atoms with Crippen molar-refractivity contribution in [3.8, 4) is 0 Å². The van der Waals surface area contributed by atoms with E-state index in [-0.39, 0.29) is 0 Å². The maximum Gasteiger partial charge on any atom is 0.140 e. The van der Waals surface area contributed by atoms with Gasteiger partial charge in [-0.05, 0) is 30.5 Å². The van der Waals surface area contributed by atoms with Crippen LogP contribution in [0, 0.1) is 6.92 Å². The lowest BCUT2D eigenvalue weighted by Crippen LogP contribution is -2.20. The molecule has 0 saturated heterocycles. The number of aromatic nitrogens is 2. The average Bonchev–Trinajstić information content (AvgIpc) is 2.79. The summed E-state index contributed by atoms with van der Waals surface area (Å²) in [6.07, 6.45) is 1.05. The second kappa shape index (κ2) is 4.28. The highest BCUT2D eigenvalue weighted by Crippen LogP contribution is 2.40. The topological polar surface area (TPSA) is 37.8 Å². The number of rotatable bonds is 2. The number of benzene rings is 1. The van der Waals surface area contributed by atoms with Gasteiger partial charge in [-0.1, -0.05) is 24.3 Å². The van der Waals surface area contributed by atoms with Gasteiger partial charge in [0.1, 0.15) is 16.5 Å². The minimum absolute atomic E-state index is 0.352. The van der Waals surface area contributed by atoms with Crippen LogP contribution in [0.3, 0.4) is 0 Å². The molecular weight excluding hydrogens is 266 g/mol. The van der Waals surface area contributed by atoms with Gasteiger partial charge in [0.2, 0.25) is 0 Å². The molecule has 1 N–H and O–H groups in total. The molecule has 0 spiro atoms. The summed E-state index contributed by atoms with van der Waals surface area (Å²) in [6, 6.07) is 10.7. The van der Waals surface area contributed by atoms with E-state index in [0.717, 1.165) is 28.3 Å². The Morgan fingerprint density at radius 1 is 1.25 bits per heavy atom. The highest BCUT2D eigenvalue weighted by Gasteiger charge is 2.30. The molecule has 4 heteroatoms. The summed E-state index contributed by atoms with van der Waals surface area (Å²) in [5.74, 6) is 2.24. The van der Waals surface area contributed by atoms with Crippen molar-refractivity contribution in [1.82, 2.24) is 9.97 Å². The van der Waals surface area contributed by atoms with Crippen molar-refractivity contribution in [2.24, 2.45) is 0 Å². The van der Waals surface area contributed by atoms with Gasteiger partial charge >= 0.3 is 0 Å². The number of thiophene rings is 1. The van der Waals surface area contributed by atoms with Crippen LogP contribution in [0.15, 0.2) is 30.3 Å². The van der Waals surface area contributed by atoms with E-state index < -0.39 is 0 Å². The molecule has 2 aromatic heterocycles. The van der Waals surface area contributed by atoms with Crippen molar-refractivity contribution in [3.63, 3.8) is 0 Å². The molecule has 0 amide bonds. The summed E-state index contributed by atoms with van der Waals surface area (Å²) < 4.78 is 0. The van der Waals surface area contributed by atoms with Gasteiger partial charge in [-0.3, -0.25) is 0 Å². The Morgan fingerprint density at radius 3 is 2.90 bits per heavy atom. The van der Waals surface area contributed by atoms with E-state index in [1.165, 1.54) is 16.0 Å². The van der Waals surface area contributed by atoms with Crippen molar-refractivity contribution >= 4 is 27.4 Å². The minimum atomic E-state index is 0.352. The zero-order chi connectivity index (χ0) is 13.7. The molecule has 1 aliphatic rings. The van der Waals surface area contributed by atoms with Crippen LogP contribution in [0.5, 0.6) is 0 Å². The molecule has 0 fully saturated rings. The van der Waals surface area contributed by atoms with Gasteiger partial charge < -0.3 is 5.32 Å². The predicted octanol–water partition coefficient (Wildman–Crippen LogP) is 3.73. The number of fused-ring (bicyclic) bond motifs is 2. The molecule has 0 aliphatic heterocycles. The number of anilines is 1. The summed E-state index contributed by atoms with van der Waals surface area (Å²) in [7, 11) is 1.92. The van der Waals surface area contributed by atoms with Crippen LogP contribution in [0.4, 0.5) is 5.82 Å². The number of nitrogens with zero attached hydrogens (tertiary/aromatic N) is 2. The molecule has 1 atom stereocenters. The van der Waals surface area contributed by atoms with Gasteiger partial charge in [-0.25, -0.2) is 9.97 Å². The average molecular weight is 281 g/mol. The number of nitrogens with one attached hydrogen (secondary N) is 1. The fourth-order valence-corrected chi connectivity index (χ4v) is 3.78. The minimum Gasteiger partial charge on any atom is -0.372 e. The zero-order valence-corrected chi connectivity index (χ0v) is 12.3. The van der Waals surface area contributed by atoms with Crippen LogP contribution in [0.25, 0.3) is 10.2 Å². The molecule has 3 nitrogen and oxygen atoms in total. The smallest absolute Gasteiger partial charge is 0.140 e. The number of aryl methyl sites for hydroxylation is 1. The van der Waals surface area contributed by atoms with Gasteiger partial charge in [0.05, 0.1) is 5.39 Å². The summed E-state index contributed by atoms with van der Waals surface area (Å²) in [5.41, 5.74) is 2.80. The molecule has 3 aromatic rings. The zero-order valence-electron chi connectivity index (χ0n) is 11.5.